The first-order valence-corrected chi connectivity index (χ1v) is 5.99. The molecule has 0 radical (unpaired) electrons. The summed E-state index contributed by atoms with van der Waals surface area (Å²) in [4.78, 5) is 4.14. The molecule has 5 heteroatoms. The number of rotatable bonds is 3. The first-order chi connectivity index (χ1) is 6.75. The highest BCUT2D eigenvalue weighted by atomic mass is 32.2. The molecule has 1 saturated heterocycles. The van der Waals surface area contributed by atoms with E-state index in [1.807, 2.05) is 11.8 Å². The number of hydrogen-bond donors (Lipinski definition) is 1. The summed E-state index contributed by atoms with van der Waals surface area (Å²) in [7, 11) is 0. The second kappa shape index (κ2) is 4.31. The van der Waals surface area contributed by atoms with Crippen LogP contribution in [0.5, 0.6) is 0 Å². The minimum absolute atomic E-state index is 0.394. The highest BCUT2D eigenvalue weighted by Crippen LogP contribution is 2.26. The van der Waals surface area contributed by atoms with Crippen LogP contribution >= 0.6 is 11.8 Å². The second-order valence-corrected chi connectivity index (χ2v) is 4.81. The molecular weight excluding hydrogens is 200 g/mol. The number of hydrogen-bond acceptors (Lipinski definition) is 5. The van der Waals surface area contributed by atoms with E-state index in [1.54, 1.807) is 6.92 Å². The van der Waals surface area contributed by atoms with Crippen LogP contribution in [-0.4, -0.2) is 26.8 Å². The van der Waals surface area contributed by atoms with Gasteiger partial charge in [0.25, 0.3) is 0 Å². The molecule has 0 amide bonds. The van der Waals surface area contributed by atoms with Crippen LogP contribution in [0.2, 0.25) is 0 Å². The third kappa shape index (κ3) is 2.27. The van der Waals surface area contributed by atoms with Gasteiger partial charge in [-0.15, -0.1) is 0 Å². The molecule has 0 saturated carbocycles. The summed E-state index contributed by atoms with van der Waals surface area (Å²) in [5.41, 5.74) is 0. The zero-order valence-electron chi connectivity index (χ0n) is 8.14. The van der Waals surface area contributed by atoms with Crippen molar-refractivity contribution in [1.29, 1.82) is 0 Å². The van der Waals surface area contributed by atoms with Gasteiger partial charge in [-0.25, -0.2) is 0 Å². The molecule has 2 atom stereocenters. The van der Waals surface area contributed by atoms with Crippen molar-refractivity contribution in [2.24, 2.45) is 5.92 Å². The molecule has 1 N–H and O–H groups in total. The van der Waals surface area contributed by atoms with E-state index in [-0.39, 0.29) is 0 Å². The smallest absolute Gasteiger partial charge is 0.227 e. The molecule has 1 aromatic rings. The summed E-state index contributed by atoms with van der Waals surface area (Å²) >= 11 is 1.98. The summed E-state index contributed by atoms with van der Waals surface area (Å²) in [5, 5.41) is 12.9. The molecule has 1 aliphatic heterocycles. The van der Waals surface area contributed by atoms with Crippen LogP contribution in [0.15, 0.2) is 4.52 Å². The summed E-state index contributed by atoms with van der Waals surface area (Å²) in [6.07, 6.45) is 1.45. The Hall–Kier alpha value is -0.550. The van der Waals surface area contributed by atoms with Gasteiger partial charge in [-0.05, 0) is 30.8 Å². The standard InChI is InChI=1S/C9H14N2O2S/c1-6(12)9-10-8(13-11-9)4-7-2-3-14-5-7/h6-7,12H,2-5H2,1H3. The molecule has 0 aromatic carbocycles. The molecule has 2 unspecified atom stereocenters. The van der Waals surface area contributed by atoms with Gasteiger partial charge in [0.2, 0.25) is 5.89 Å². The van der Waals surface area contributed by atoms with Crippen LogP contribution in [0.3, 0.4) is 0 Å². The van der Waals surface area contributed by atoms with E-state index in [0.717, 1.165) is 6.42 Å². The Balaban J connectivity index is 1.95. The van der Waals surface area contributed by atoms with E-state index < -0.39 is 6.10 Å². The molecule has 2 rings (SSSR count). The third-order valence-corrected chi connectivity index (χ3v) is 3.58. The average molecular weight is 214 g/mol. The summed E-state index contributed by atoms with van der Waals surface area (Å²) in [6, 6.07) is 0. The van der Waals surface area contributed by atoms with Gasteiger partial charge in [-0.3, -0.25) is 0 Å². The highest BCUT2D eigenvalue weighted by Gasteiger charge is 2.19. The van der Waals surface area contributed by atoms with E-state index >= 15 is 0 Å². The van der Waals surface area contributed by atoms with Gasteiger partial charge in [0.15, 0.2) is 5.82 Å². The fourth-order valence-corrected chi connectivity index (χ4v) is 2.80. The van der Waals surface area contributed by atoms with Crippen molar-refractivity contribution in [1.82, 2.24) is 10.1 Å². The predicted molar refractivity (Wildman–Crippen MR) is 54.1 cm³/mol. The number of thioether (sulfide) groups is 1. The van der Waals surface area contributed by atoms with Gasteiger partial charge in [-0.1, -0.05) is 5.16 Å². The topological polar surface area (TPSA) is 59.2 Å². The maximum Gasteiger partial charge on any atom is 0.227 e. The zero-order chi connectivity index (χ0) is 9.97. The molecule has 0 aliphatic carbocycles. The number of aliphatic hydroxyl groups excluding tert-OH is 1. The SMILES string of the molecule is CC(O)c1noc(CC2CCSC2)n1. The first-order valence-electron chi connectivity index (χ1n) is 4.84. The van der Waals surface area contributed by atoms with Crippen molar-refractivity contribution < 1.29 is 9.63 Å². The van der Waals surface area contributed by atoms with Gasteiger partial charge < -0.3 is 9.63 Å². The molecule has 14 heavy (non-hydrogen) atoms. The molecule has 2 heterocycles. The average Bonchev–Trinajstić information content (AvgIpc) is 2.75. The van der Waals surface area contributed by atoms with Gasteiger partial charge >= 0.3 is 0 Å². The number of aliphatic hydroxyl groups is 1. The van der Waals surface area contributed by atoms with E-state index in [4.69, 9.17) is 4.52 Å². The predicted octanol–water partition coefficient (Wildman–Crippen LogP) is 1.42. The fraction of sp³-hybridized carbons (Fsp3) is 0.778. The summed E-state index contributed by atoms with van der Waals surface area (Å²) in [5.74, 6) is 4.15. The van der Waals surface area contributed by atoms with Crippen molar-refractivity contribution in [2.45, 2.75) is 25.9 Å². The maximum absolute atomic E-state index is 9.21. The number of nitrogens with zero attached hydrogens (tertiary/aromatic N) is 2. The summed E-state index contributed by atoms with van der Waals surface area (Å²) < 4.78 is 5.06. The molecule has 0 bridgehead atoms. The van der Waals surface area contributed by atoms with Crippen LogP contribution < -0.4 is 0 Å². The second-order valence-electron chi connectivity index (χ2n) is 3.66. The first kappa shape index (κ1) is 9.98. The molecule has 78 valence electrons. The zero-order valence-corrected chi connectivity index (χ0v) is 8.96. The maximum atomic E-state index is 9.21. The number of aromatic nitrogens is 2. The van der Waals surface area contributed by atoms with Gasteiger partial charge in [0.1, 0.15) is 6.10 Å². The molecule has 1 aromatic heterocycles. The Labute approximate surface area is 87.1 Å². The van der Waals surface area contributed by atoms with Crippen LogP contribution in [-0.2, 0) is 6.42 Å². The normalized spacial score (nSPS) is 24.0. The Morgan fingerprint density at radius 1 is 1.71 bits per heavy atom. The lowest BCUT2D eigenvalue weighted by Crippen LogP contribution is -2.03. The van der Waals surface area contributed by atoms with Crippen LogP contribution in [0.25, 0.3) is 0 Å². The van der Waals surface area contributed by atoms with E-state index in [1.165, 1.54) is 17.9 Å². The highest BCUT2D eigenvalue weighted by molar-refractivity contribution is 7.99. The third-order valence-electron chi connectivity index (χ3n) is 2.34. The minimum atomic E-state index is -0.634. The van der Waals surface area contributed by atoms with Gasteiger partial charge in [-0.2, -0.15) is 16.7 Å². The van der Waals surface area contributed by atoms with Crippen molar-refractivity contribution in [2.75, 3.05) is 11.5 Å². The monoisotopic (exact) mass is 214 g/mol. The lowest BCUT2D eigenvalue weighted by molar-refractivity contribution is 0.184. The molecule has 1 aliphatic rings. The van der Waals surface area contributed by atoms with Gasteiger partial charge in [0.05, 0.1) is 0 Å². The minimum Gasteiger partial charge on any atom is -0.385 e. The quantitative estimate of drug-likeness (QED) is 0.824. The van der Waals surface area contributed by atoms with E-state index in [0.29, 0.717) is 17.6 Å². The van der Waals surface area contributed by atoms with Crippen LogP contribution in [0, 0.1) is 5.92 Å². The Kier molecular flexibility index (Phi) is 3.08. The molecule has 1 fully saturated rings. The van der Waals surface area contributed by atoms with Gasteiger partial charge in [0, 0.05) is 6.42 Å². The van der Waals surface area contributed by atoms with Crippen LogP contribution in [0.1, 0.15) is 31.2 Å². The Morgan fingerprint density at radius 2 is 2.57 bits per heavy atom. The van der Waals surface area contributed by atoms with Crippen molar-refractivity contribution in [3.63, 3.8) is 0 Å². The fourth-order valence-electron chi connectivity index (χ4n) is 1.51. The molecule has 0 spiro atoms. The summed E-state index contributed by atoms with van der Waals surface area (Å²) in [6.45, 7) is 1.64. The van der Waals surface area contributed by atoms with Crippen molar-refractivity contribution >= 4 is 11.8 Å². The van der Waals surface area contributed by atoms with E-state index in [2.05, 4.69) is 10.1 Å². The van der Waals surface area contributed by atoms with Crippen molar-refractivity contribution in [3.8, 4) is 0 Å². The Bertz CT molecular complexity index is 295. The van der Waals surface area contributed by atoms with E-state index in [9.17, 15) is 5.11 Å². The Morgan fingerprint density at radius 3 is 3.14 bits per heavy atom. The van der Waals surface area contributed by atoms with Crippen molar-refractivity contribution in [3.05, 3.63) is 11.7 Å². The molecule has 4 nitrogen and oxygen atoms in total. The lowest BCUT2D eigenvalue weighted by Gasteiger charge is -2.01. The molecular formula is C9H14N2O2S. The lowest BCUT2D eigenvalue weighted by atomic mass is 10.1. The van der Waals surface area contributed by atoms with Crippen LogP contribution in [0.4, 0.5) is 0 Å². The largest absolute Gasteiger partial charge is 0.385 e.